The lowest BCUT2D eigenvalue weighted by atomic mass is 9.90. The zero-order valence-corrected chi connectivity index (χ0v) is 38.4. The molecule has 1 aliphatic rings. The first-order valence-corrected chi connectivity index (χ1v) is 22.5. The van der Waals surface area contributed by atoms with Crippen LogP contribution in [0, 0.1) is 34.6 Å². The second-order valence-electron chi connectivity index (χ2n) is 16.0. The molecule has 1 aliphatic heterocycles. The molecule has 0 radical (unpaired) electrons. The second kappa shape index (κ2) is 25.9. The Morgan fingerprint density at radius 1 is 0.615 bits per heavy atom. The van der Waals surface area contributed by atoms with E-state index in [1.54, 1.807) is 32.6 Å². The fourth-order valence-corrected chi connectivity index (χ4v) is 8.33. The summed E-state index contributed by atoms with van der Waals surface area (Å²) in [5.74, 6) is -6.74. The second-order valence-corrected chi connectivity index (χ2v) is 17.3. The molecular formula is C42H62N7O15P. The van der Waals surface area contributed by atoms with Crippen molar-refractivity contribution in [2.24, 2.45) is 0 Å². The van der Waals surface area contributed by atoms with Gasteiger partial charge in [0.2, 0.25) is 17.7 Å². The van der Waals surface area contributed by atoms with Gasteiger partial charge in [0.15, 0.2) is 0 Å². The fourth-order valence-electron chi connectivity index (χ4n) is 7.47. The van der Waals surface area contributed by atoms with Gasteiger partial charge >= 0.3 is 31.7 Å². The first-order valence-electron chi connectivity index (χ1n) is 21.0. The normalized spacial score (nSPS) is 16.2. The van der Waals surface area contributed by atoms with Crippen LogP contribution < -0.4 is 20.5 Å². The molecular weight excluding hydrogens is 873 g/mol. The highest BCUT2D eigenvalue weighted by molar-refractivity contribution is 7.47. The van der Waals surface area contributed by atoms with Gasteiger partial charge in [-0.1, -0.05) is 17.7 Å². The van der Waals surface area contributed by atoms with Crippen LogP contribution in [0.4, 0.5) is 0 Å². The minimum Gasteiger partial charge on any atom is -0.480 e. The summed E-state index contributed by atoms with van der Waals surface area (Å²) in [5, 5.41) is 44.5. The molecule has 0 saturated carbocycles. The van der Waals surface area contributed by atoms with Crippen molar-refractivity contribution >= 4 is 49.4 Å². The molecule has 1 unspecified atom stereocenters. The van der Waals surface area contributed by atoms with E-state index in [1.165, 1.54) is 0 Å². The number of aliphatic carboxylic acids is 4. The zero-order chi connectivity index (χ0) is 48.4. The van der Waals surface area contributed by atoms with E-state index in [4.69, 9.17) is 24.4 Å². The number of carboxylic acid groups (broad SMARTS) is 4. The highest BCUT2D eigenvalue weighted by Crippen LogP contribution is 2.46. The van der Waals surface area contributed by atoms with Crippen molar-refractivity contribution in [3.63, 3.8) is 0 Å². The average molecular weight is 936 g/mol. The minimum atomic E-state index is -4.69. The molecule has 0 spiro atoms. The lowest BCUT2D eigenvalue weighted by Gasteiger charge is -2.36. The number of phosphoric acid groups is 1. The Kier molecular flexibility index (Phi) is 21.4. The Morgan fingerprint density at radius 3 is 1.43 bits per heavy atom. The Bertz CT molecular complexity index is 2020. The van der Waals surface area contributed by atoms with Gasteiger partial charge in [-0.25, -0.2) is 4.57 Å². The molecule has 3 rings (SSSR count). The smallest absolute Gasteiger partial charge is 0.480 e. The van der Waals surface area contributed by atoms with Crippen molar-refractivity contribution in [2.45, 2.75) is 53.5 Å². The Hall–Kier alpha value is -5.48. The Morgan fingerprint density at radius 2 is 1.03 bits per heavy atom. The van der Waals surface area contributed by atoms with Crippen molar-refractivity contribution in [1.82, 2.24) is 35.6 Å². The third-order valence-corrected chi connectivity index (χ3v) is 11.5. The number of benzene rings is 2. The van der Waals surface area contributed by atoms with Gasteiger partial charge in [0, 0.05) is 52.4 Å². The van der Waals surface area contributed by atoms with E-state index in [0.717, 1.165) is 33.4 Å². The van der Waals surface area contributed by atoms with Crippen LogP contribution in [0.1, 0.15) is 40.7 Å². The molecule has 3 amide bonds. The van der Waals surface area contributed by atoms with Gasteiger partial charge in [-0.15, -0.1) is 0 Å². The van der Waals surface area contributed by atoms with Crippen molar-refractivity contribution < 1.29 is 72.5 Å². The monoisotopic (exact) mass is 935 g/mol. The van der Waals surface area contributed by atoms with Gasteiger partial charge in [0.1, 0.15) is 31.4 Å². The van der Waals surface area contributed by atoms with Gasteiger partial charge in [-0.3, -0.25) is 62.6 Å². The molecule has 2 aromatic rings. The van der Waals surface area contributed by atoms with E-state index in [9.17, 15) is 48.1 Å². The van der Waals surface area contributed by atoms with Crippen LogP contribution in [0.2, 0.25) is 0 Å². The number of phosphoric ester groups is 1. The van der Waals surface area contributed by atoms with Gasteiger partial charge in [0.05, 0.1) is 26.2 Å². The predicted molar refractivity (Wildman–Crippen MR) is 235 cm³/mol. The van der Waals surface area contributed by atoms with Crippen LogP contribution in [0.15, 0.2) is 24.3 Å². The van der Waals surface area contributed by atoms with Crippen molar-refractivity contribution in [1.29, 1.82) is 0 Å². The number of carbonyl (C=O) groups excluding carboxylic acids is 3. The quantitative estimate of drug-likeness (QED) is 0.0587. The van der Waals surface area contributed by atoms with Gasteiger partial charge in [-0.05, 0) is 93.0 Å². The first kappa shape index (κ1) is 53.9. The van der Waals surface area contributed by atoms with E-state index in [2.05, 4.69) is 28.1 Å². The molecule has 65 heavy (non-hydrogen) atoms. The van der Waals surface area contributed by atoms with Crippen molar-refractivity contribution in [2.75, 3.05) is 98.2 Å². The number of carbonyl (C=O) groups is 7. The maximum Gasteiger partial charge on any atom is 0.527 e. The summed E-state index contributed by atoms with van der Waals surface area (Å²) in [4.78, 5) is 102. The number of carboxylic acids is 4. The molecule has 0 aliphatic carbocycles. The molecule has 8 N–H and O–H groups in total. The number of hydrogen-bond acceptors (Lipinski definition) is 14. The standard InChI is InChI=1S/C42H62N7O15P/c1-27-17-30(4)41(31(5)18-27)32-19-29(3)34(20-28(32)2)64-65(61,62)63-16-6-7-33(42(59)60)49-14-12-47(25-36(51)44-22-39(55)56)10-8-46(24-35(50)43-21-38(53)54)9-11-48(13-15-49)26-37(52)45-23-40(57)58/h17-20,33H,6-16,21-26H2,1-5H3,(H,43,50)(H,44,51)(H,45,52)(H,53,54)(H,55,56)(H,57,58)(H,59,60)(H,61,62)/t33-/m1/s1. The molecule has 1 heterocycles. The summed E-state index contributed by atoms with van der Waals surface area (Å²) in [6, 6.07) is 6.53. The summed E-state index contributed by atoms with van der Waals surface area (Å²) >= 11 is 0. The summed E-state index contributed by atoms with van der Waals surface area (Å²) in [6.07, 6.45) is -0.0827. The largest absolute Gasteiger partial charge is 0.527 e. The molecule has 0 aromatic heterocycles. The summed E-state index contributed by atoms with van der Waals surface area (Å²) in [5.41, 5.74) is 6.73. The number of nitrogens with zero attached hydrogens (tertiary/aromatic N) is 4. The lowest BCUT2D eigenvalue weighted by molar-refractivity contribution is -0.144. The van der Waals surface area contributed by atoms with E-state index in [1.807, 2.05) is 33.8 Å². The fraction of sp³-hybridized carbons (Fsp3) is 0.548. The molecule has 0 bridgehead atoms. The number of nitrogens with one attached hydrogen (secondary N) is 3. The van der Waals surface area contributed by atoms with Crippen molar-refractivity contribution in [3.05, 3.63) is 52.1 Å². The highest BCUT2D eigenvalue weighted by atomic mass is 31.2. The van der Waals surface area contributed by atoms with Crippen LogP contribution in [-0.4, -0.2) is 191 Å². The number of hydrogen-bond donors (Lipinski definition) is 8. The number of aryl methyl sites for hydroxylation is 5. The molecule has 2 atom stereocenters. The van der Waals surface area contributed by atoms with Crippen LogP contribution in [0.25, 0.3) is 11.1 Å². The minimum absolute atomic E-state index is 0.00811. The van der Waals surface area contributed by atoms with E-state index in [0.29, 0.717) is 5.56 Å². The van der Waals surface area contributed by atoms with Crippen LogP contribution in [-0.2, 0) is 42.7 Å². The first-order chi connectivity index (χ1) is 30.5. The highest BCUT2D eigenvalue weighted by Gasteiger charge is 2.30. The summed E-state index contributed by atoms with van der Waals surface area (Å²) < 4.78 is 24.0. The van der Waals surface area contributed by atoms with E-state index >= 15 is 0 Å². The third kappa shape index (κ3) is 19.3. The lowest BCUT2D eigenvalue weighted by Crippen LogP contribution is -2.53. The zero-order valence-electron chi connectivity index (χ0n) is 37.5. The Labute approximate surface area is 377 Å². The molecule has 2 aromatic carbocycles. The Balaban J connectivity index is 1.80. The molecule has 360 valence electrons. The van der Waals surface area contributed by atoms with Gasteiger partial charge < -0.3 is 40.9 Å². The SMILES string of the molecule is Cc1cc(C)c(-c2cc(C)c(OP(=O)(O)OCCC[C@H](C(=O)O)N3CCN(CC(=O)NCC(=O)O)CCN(CC(=O)NCC(=O)O)CCN(CC(=O)NCC(=O)O)CC3)cc2C)c(C)c1. The average Bonchev–Trinajstić information content (AvgIpc) is 3.19. The van der Waals surface area contributed by atoms with Gasteiger partial charge in [0.25, 0.3) is 0 Å². The summed E-state index contributed by atoms with van der Waals surface area (Å²) in [6.45, 7) is 7.27. The van der Waals surface area contributed by atoms with Crippen LogP contribution >= 0.6 is 7.82 Å². The molecule has 1 fully saturated rings. The van der Waals surface area contributed by atoms with Crippen LogP contribution in [0.3, 0.4) is 0 Å². The maximum atomic E-state index is 13.2. The van der Waals surface area contributed by atoms with Crippen LogP contribution in [0.5, 0.6) is 5.75 Å². The van der Waals surface area contributed by atoms with Crippen molar-refractivity contribution in [3.8, 4) is 16.9 Å². The molecule has 1 saturated heterocycles. The van der Waals surface area contributed by atoms with E-state index < -0.39 is 75.1 Å². The van der Waals surface area contributed by atoms with E-state index in [-0.39, 0.29) is 97.2 Å². The third-order valence-electron chi connectivity index (χ3n) is 10.6. The maximum absolute atomic E-state index is 13.2. The topological polar surface area (TPSA) is 305 Å². The predicted octanol–water partition coefficient (Wildman–Crippen LogP) is 0.449. The molecule has 23 heteroatoms. The molecule has 22 nitrogen and oxygen atoms in total. The summed E-state index contributed by atoms with van der Waals surface area (Å²) in [7, 11) is -4.69. The number of amides is 3. The van der Waals surface area contributed by atoms with Gasteiger partial charge in [-0.2, -0.15) is 0 Å². The number of rotatable bonds is 22.